The minimum absolute atomic E-state index is 0.0721. The molecular weight excluding hydrogens is 190 g/mol. The van der Waals surface area contributed by atoms with E-state index in [0.717, 1.165) is 6.61 Å². The van der Waals surface area contributed by atoms with Gasteiger partial charge >= 0.3 is 0 Å². The average molecular weight is 217 g/mol. The quantitative estimate of drug-likeness (QED) is 0.653. The maximum atomic E-state index is 9.76. The first-order valence-corrected chi connectivity index (χ1v) is 5.95. The highest BCUT2D eigenvalue weighted by atomic mass is 16.5. The summed E-state index contributed by atoms with van der Waals surface area (Å²) in [6.45, 7) is 9.17. The van der Waals surface area contributed by atoms with Crippen LogP contribution in [0.5, 0.6) is 0 Å². The Balaban J connectivity index is 3.70. The summed E-state index contributed by atoms with van der Waals surface area (Å²) in [5.74, 6) is 0.597. The van der Waals surface area contributed by atoms with Crippen LogP contribution < -0.4 is 5.73 Å². The van der Waals surface area contributed by atoms with Crippen molar-refractivity contribution in [1.29, 1.82) is 0 Å². The third-order valence-electron chi connectivity index (χ3n) is 2.61. The Kier molecular flexibility index (Phi) is 7.14. The summed E-state index contributed by atoms with van der Waals surface area (Å²) in [5.41, 5.74) is 4.65. The number of ether oxygens (including phenoxy) is 1. The van der Waals surface area contributed by atoms with Crippen molar-refractivity contribution in [2.24, 2.45) is 11.7 Å². The van der Waals surface area contributed by atoms with Crippen molar-refractivity contribution in [2.75, 3.05) is 13.2 Å². The van der Waals surface area contributed by atoms with Crippen LogP contribution in [0.4, 0.5) is 0 Å². The molecule has 3 heteroatoms. The van der Waals surface area contributed by atoms with Gasteiger partial charge in [0.1, 0.15) is 0 Å². The molecule has 0 spiro atoms. The minimum Gasteiger partial charge on any atom is -0.389 e. The van der Waals surface area contributed by atoms with Gasteiger partial charge < -0.3 is 15.6 Å². The first-order chi connectivity index (χ1) is 6.91. The summed E-state index contributed by atoms with van der Waals surface area (Å²) in [5, 5.41) is 9.76. The molecule has 0 heterocycles. The van der Waals surface area contributed by atoms with Gasteiger partial charge in [-0.15, -0.1) is 0 Å². The number of nitrogens with two attached hydrogens (primary N) is 1. The second-order valence-electron chi connectivity index (χ2n) is 4.94. The Hall–Kier alpha value is -0.120. The fourth-order valence-corrected chi connectivity index (χ4v) is 1.67. The van der Waals surface area contributed by atoms with Crippen LogP contribution in [-0.4, -0.2) is 30.0 Å². The molecule has 0 aliphatic heterocycles. The van der Waals surface area contributed by atoms with Crippen LogP contribution in [0, 0.1) is 5.92 Å². The standard InChI is InChI=1S/C12H27NO2/c1-5-6-10(2)8-15-11(3)7-12(4,14)9-13/h10-11,14H,5-9,13H2,1-4H3. The molecule has 0 aromatic carbocycles. The van der Waals surface area contributed by atoms with E-state index in [1.54, 1.807) is 6.92 Å². The Bertz CT molecular complexity index is 160. The smallest absolute Gasteiger partial charge is 0.0765 e. The van der Waals surface area contributed by atoms with Gasteiger partial charge in [-0.2, -0.15) is 0 Å². The SMILES string of the molecule is CCCC(C)COC(C)CC(C)(O)CN. The third kappa shape index (κ3) is 7.77. The summed E-state index contributed by atoms with van der Waals surface area (Å²) in [6, 6.07) is 0. The predicted molar refractivity (Wildman–Crippen MR) is 63.8 cm³/mol. The van der Waals surface area contributed by atoms with Crippen molar-refractivity contribution in [3.8, 4) is 0 Å². The Morgan fingerprint density at radius 1 is 1.40 bits per heavy atom. The molecule has 0 aromatic heterocycles. The van der Waals surface area contributed by atoms with E-state index in [1.807, 2.05) is 6.92 Å². The molecule has 0 radical (unpaired) electrons. The summed E-state index contributed by atoms with van der Waals surface area (Å²) in [6.07, 6.45) is 3.06. The van der Waals surface area contributed by atoms with Gasteiger partial charge in [0.05, 0.1) is 11.7 Å². The van der Waals surface area contributed by atoms with Gasteiger partial charge in [0.25, 0.3) is 0 Å². The van der Waals surface area contributed by atoms with Gasteiger partial charge in [-0.05, 0) is 26.2 Å². The van der Waals surface area contributed by atoms with Gasteiger partial charge in [-0.25, -0.2) is 0 Å². The second kappa shape index (κ2) is 7.20. The molecule has 15 heavy (non-hydrogen) atoms. The third-order valence-corrected chi connectivity index (χ3v) is 2.61. The lowest BCUT2D eigenvalue weighted by Gasteiger charge is -2.26. The zero-order valence-electron chi connectivity index (χ0n) is 10.6. The van der Waals surface area contributed by atoms with Crippen LogP contribution >= 0.6 is 0 Å². The van der Waals surface area contributed by atoms with Crippen molar-refractivity contribution in [1.82, 2.24) is 0 Å². The van der Waals surface area contributed by atoms with Crippen molar-refractivity contribution in [3.05, 3.63) is 0 Å². The van der Waals surface area contributed by atoms with E-state index in [2.05, 4.69) is 13.8 Å². The van der Waals surface area contributed by atoms with E-state index < -0.39 is 5.60 Å². The maximum Gasteiger partial charge on any atom is 0.0765 e. The molecule has 0 fully saturated rings. The number of hydrogen-bond acceptors (Lipinski definition) is 3. The van der Waals surface area contributed by atoms with Gasteiger partial charge in [-0.3, -0.25) is 0 Å². The van der Waals surface area contributed by atoms with E-state index in [-0.39, 0.29) is 12.6 Å². The topological polar surface area (TPSA) is 55.5 Å². The zero-order valence-corrected chi connectivity index (χ0v) is 10.6. The molecule has 92 valence electrons. The van der Waals surface area contributed by atoms with Crippen LogP contribution in [0.15, 0.2) is 0 Å². The van der Waals surface area contributed by atoms with Crippen LogP contribution in [0.2, 0.25) is 0 Å². The fraction of sp³-hybridized carbons (Fsp3) is 1.00. The molecule has 3 nitrogen and oxygen atoms in total. The summed E-state index contributed by atoms with van der Waals surface area (Å²) in [7, 11) is 0. The molecule has 0 amide bonds. The molecule has 0 aliphatic rings. The highest BCUT2D eigenvalue weighted by Gasteiger charge is 2.22. The molecule has 3 unspecified atom stereocenters. The predicted octanol–water partition coefficient (Wildman–Crippen LogP) is 1.93. The van der Waals surface area contributed by atoms with Gasteiger partial charge in [0.2, 0.25) is 0 Å². The molecule has 3 atom stereocenters. The van der Waals surface area contributed by atoms with Crippen molar-refractivity contribution in [2.45, 2.75) is 58.7 Å². The molecule has 0 aliphatic carbocycles. The highest BCUT2D eigenvalue weighted by molar-refractivity contribution is 4.76. The molecule has 0 aromatic rings. The Labute approximate surface area is 94.0 Å². The van der Waals surface area contributed by atoms with Crippen molar-refractivity contribution in [3.63, 3.8) is 0 Å². The minimum atomic E-state index is -0.798. The van der Waals surface area contributed by atoms with E-state index in [9.17, 15) is 5.11 Å². The highest BCUT2D eigenvalue weighted by Crippen LogP contribution is 2.14. The van der Waals surface area contributed by atoms with E-state index in [0.29, 0.717) is 12.3 Å². The van der Waals surface area contributed by atoms with Crippen LogP contribution in [-0.2, 0) is 4.74 Å². The molecule has 0 bridgehead atoms. The van der Waals surface area contributed by atoms with Crippen LogP contribution in [0.1, 0.15) is 47.0 Å². The van der Waals surface area contributed by atoms with Gasteiger partial charge in [0.15, 0.2) is 0 Å². The first-order valence-electron chi connectivity index (χ1n) is 5.95. The fourth-order valence-electron chi connectivity index (χ4n) is 1.67. The lowest BCUT2D eigenvalue weighted by atomic mass is 9.99. The number of aliphatic hydroxyl groups is 1. The van der Waals surface area contributed by atoms with Crippen molar-refractivity contribution >= 4 is 0 Å². The van der Waals surface area contributed by atoms with E-state index in [4.69, 9.17) is 10.5 Å². The Morgan fingerprint density at radius 3 is 2.47 bits per heavy atom. The summed E-state index contributed by atoms with van der Waals surface area (Å²) >= 11 is 0. The lowest BCUT2D eigenvalue weighted by Crippen LogP contribution is -2.38. The lowest BCUT2D eigenvalue weighted by molar-refractivity contribution is -0.0265. The number of rotatable bonds is 8. The van der Waals surface area contributed by atoms with Crippen LogP contribution in [0.3, 0.4) is 0 Å². The maximum absolute atomic E-state index is 9.76. The van der Waals surface area contributed by atoms with Crippen LogP contribution in [0.25, 0.3) is 0 Å². The van der Waals surface area contributed by atoms with Gasteiger partial charge in [-0.1, -0.05) is 20.3 Å². The van der Waals surface area contributed by atoms with E-state index in [1.165, 1.54) is 12.8 Å². The molecular formula is C12H27NO2. The average Bonchev–Trinajstić information content (AvgIpc) is 2.15. The molecule has 0 saturated heterocycles. The molecule has 0 saturated carbocycles. The molecule has 3 N–H and O–H groups in total. The Morgan fingerprint density at radius 2 is 2.00 bits per heavy atom. The van der Waals surface area contributed by atoms with E-state index >= 15 is 0 Å². The first kappa shape index (κ1) is 14.9. The normalized spacial score (nSPS) is 19.6. The zero-order chi connectivity index (χ0) is 11.9. The monoisotopic (exact) mass is 217 g/mol. The summed E-state index contributed by atoms with van der Waals surface area (Å²) in [4.78, 5) is 0. The summed E-state index contributed by atoms with van der Waals surface area (Å²) < 4.78 is 5.68. The second-order valence-corrected chi connectivity index (χ2v) is 4.94. The van der Waals surface area contributed by atoms with Gasteiger partial charge in [0, 0.05) is 19.6 Å². The number of hydrogen-bond donors (Lipinski definition) is 2. The van der Waals surface area contributed by atoms with Crippen molar-refractivity contribution < 1.29 is 9.84 Å². The molecule has 0 rings (SSSR count). The largest absolute Gasteiger partial charge is 0.389 e.